The lowest BCUT2D eigenvalue weighted by Gasteiger charge is -2.27. The highest BCUT2D eigenvalue weighted by atomic mass is 35.5. The van der Waals surface area contributed by atoms with Crippen molar-refractivity contribution in [3.8, 4) is 11.5 Å². The second-order valence-electron chi connectivity index (χ2n) is 6.99. The smallest absolute Gasteiger partial charge is 0.255 e. The molecule has 1 aliphatic rings. The van der Waals surface area contributed by atoms with Crippen LogP contribution in [0, 0.1) is 0 Å². The molecule has 0 unspecified atom stereocenters. The Morgan fingerprint density at radius 3 is 2.32 bits per heavy atom. The van der Waals surface area contributed by atoms with Crippen LogP contribution < -0.4 is 14.8 Å². The standard InChI is InChI=1S/C21H24Cl2N2O5S/c1-3-30-18-8-7-15(13-19(18)31(27,28)25-9-5-4-6-10-25)24-21(26)14-11-16(22)20(29-2)17(23)12-14/h7-8,11-13H,3-6,9-10H2,1-2H3,(H,24,26). The number of piperidine rings is 1. The number of ether oxygens (including phenoxy) is 2. The fraction of sp³-hybridized carbons (Fsp3) is 0.381. The highest BCUT2D eigenvalue weighted by molar-refractivity contribution is 7.89. The van der Waals surface area contributed by atoms with E-state index in [4.69, 9.17) is 32.7 Å². The highest BCUT2D eigenvalue weighted by Crippen LogP contribution is 2.35. The van der Waals surface area contributed by atoms with E-state index in [0.717, 1.165) is 19.3 Å². The van der Waals surface area contributed by atoms with Gasteiger partial charge in [0.2, 0.25) is 10.0 Å². The van der Waals surface area contributed by atoms with Crippen LogP contribution in [-0.4, -0.2) is 45.4 Å². The van der Waals surface area contributed by atoms with Crippen LogP contribution >= 0.6 is 23.2 Å². The number of hydrogen-bond acceptors (Lipinski definition) is 5. The number of benzene rings is 2. The lowest BCUT2D eigenvalue weighted by Crippen LogP contribution is -2.35. The number of sulfonamides is 1. The maximum absolute atomic E-state index is 13.2. The summed E-state index contributed by atoms with van der Waals surface area (Å²) in [4.78, 5) is 12.8. The summed E-state index contributed by atoms with van der Waals surface area (Å²) in [6.07, 6.45) is 2.64. The first-order valence-corrected chi connectivity index (χ1v) is 12.1. The zero-order chi connectivity index (χ0) is 22.6. The van der Waals surface area contributed by atoms with Crippen LogP contribution in [0.25, 0.3) is 0 Å². The largest absolute Gasteiger partial charge is 0.494 e. The van der Waals surface area contributed by atoms with Gasteiger partial charge in [-0.15, -0.1) is 0 Å². The predicted octanol–water partition coefficient (Wildman–Crippen LogP) is 4.83. The van der Waals surface area contributed by atoms with Gasteiger partial charge >= 0.3 is 0 Å². The van der Waals surface area contributed by atoms with Gasteiger partial charge in [0.05, 0.1) is 23.8 Å². The molecule has 0 spiro atoms. The van der Waals surface area contributed by atoms with Crippen molar-refractivity contribution in [1.82, 2.24) is 4.31 Å². The third-order valence-electron chi connectivity index (χ3n) is 4.90. The van der Waals surface area contributed by atoms with E-state index in [0.29, 0.717) is 25.4 Å². The molecule has 2 aromatic rings. The lowest BCUT2D eigenvalue weighted by molar-refractivity contribution is 0.102. The molecule has 1 heterocycles. The number of carbonyl (C=O) groups is 1. The van der Waals surface area contributed by atoms with Gasteiger partial charge in [0, 0.05) is 24.3 Å². The first kappa shape index (κ1) is 23.7. The van der Waals surface area contributed by atoms with Crippen LogP contribution in [0.15, 0.2) is 35.2 Å². The molecule has 0 aromatic heterocycles. The monoisotopic (exact) mass is 486 g/mol. The Hall–Kier alpha value is -2.00. The van der Waals surface area contributed by atoms with Crippen molar-refractivity contribution in [2.75, 3.05) is 32.1 Å². The minimum Gasteiger partial charge on any atom is -0.494 e. The Bertz CT molecular complexity index is 1050. The molecule has 0 aliphatic carbocycles. The molecule has 168 valence electrons. The molecule has 0 atom stereocenters. The van der Waals surface area contributed by atoms with Crippen molar-refractivity contribution in [2.24, 2.45) is 0 Å². The second-order valence-corrected chi connectivity index (χ2v) is 9.71. The van der Waals surface area contributed by atoms with Crippen molar-refractivity contribution >= 4 is 44.8 Å². The van der Waals surface area contributed by atoms with E-state index in [9.17, 15) is 13.2 Å². The van der Waals surface area contributed by atoms with E-state index in [1.165, 1.54) is 29.6 Å². The first-order valence-electron chi connectivity index (χ1n) is 9.89. The van der Waals surface area contributed by atoms with Crippen molar-refractivity contribution in [1.29, 1.82) is 0 Å². The Labute approximate surface area is 192 Å². The third-order valence-corrected chi connectivity index (χ3v) is 7.38. The number of nitrogens with zero attached hydrogens (tertiary/aromatic N) is 1. The zero-order valence-corrected chi connectivity index (χ0v) is 19.6. The summed E-state index contributed by atoms with van der Waals surface area (Å²) in [6, 6.07) is 7.41. The number of hydrogen-bond donors (Lipinski definition) is 1. The molecule has 1 fully saturated rings. The van der Waals surface area contributed by atoms with Gasteiger partial charge in [-0.1, -0.05) is 29.6 Å². The number of carbonyl (C=O) groups excluding carboxylic acids is 1. The van der Waals surface area contributed by atoms with Crippen LogP contribution in [0.1, 0.15) is 36.5 Å². The van der Waals surface area contributed by atoms with E-state index in [-0.39, 0.29) is 32.0 Å². The van der Waals surface area contributed by atoms with Gasteiger partial charge in [0.15, 0.2) is 5.75 Å². The molecule has 2 aromatic carbocycles. The number of rotatable bonds is 7. The molecule has 1 saturated heterocycles. The summed E-state index contributed by atoms with van der Waals surface area (Å²) >= 11 is 12.2. The van der Waals surface area contributed by atoms with Crippen molar-refractivity contribution in [3.05, 3.63) is 45.9 Å². The molecule has 0 radical (unpaired) electrons. The van der Waals surface area contributed by atoms with Crippen LogP contribution in [0.4, 0.5) is 5.69 Å². The van der Waals surface area contributed by atoms with Gasteiger partial charge in [-0.2, -0.15) is 4.31 Å². The fourth-order valence-corrected chi connectivity index (χ4v) is 5.71. The molecule has 1 aliphatic heterocycles. The molecular weight excluding hydrogens is 463 g/mol. The van der Waals surface area contributed by atoms with Gasteiger partial charge in [-0.05, 0) is 50.1 Å². The van der Waals surface area contributed by atoms with E-state index >= 15 is 0 Å². The molecule has 1 amide bonds. The summed E-state index contributed by atoms with van der Waals surface area (Å²) in [5.41, 5.74) is 0.525. The van der Waals surface area contributed by atoms with Gasteiger partial charge < -0.3 is 14.8 Å². The Morgan fingerprint density at radius 1 is 1.10 bits per heavy atom. The quantitative estimate of drug-likeness (QED) is 0.605. The van der Waals surface area contributed by atoms with Gasteiger partial charge in [0.25, 0.3) is 5.91 Å². The lowest BCUT2D eigenvalue weighted by atomic mass is 10.2. The number of anilines is 1. The number of halogens is 2. The maximum atomic E-state index is 13.2. The maximum Gasteiger partial charge on any atom is 0.255 e. The average molecular weight is 487 g/mol. The predicted molar refractivity (Wildman–Crippen MR) is 121 cm³/mol. The zero-order valence-electron chi connectivity index (χ0n) is 17.3. The van der Waals surface area contributed by atoms with Crippen molar-refractivity contribution in [3.63, 3.8) is 0 Å². The number of amides is 1. The summed E-state index contributed by atoms with van der Waals surface area (Å²) < 4.78 is 38.6. The fourth-order valence-electron chi connectivity index (χ4n) is 3.40. The minimum absolute atomic E-state index is 0.0276. The summed E-state index contributed by atoms with van der Waals surface area (Å²) in [5.74, 6) is 0.0365. The van der Waals surface area contributed by atoms with Crippen LogP contribution in [0.3, 0.4) is 0 Å². The molecule has 7 nitrogen and oxygen atoms in total. The second kappa shape index (κ2) is 10.1. The first-order chi connectivity index (χ1) is 14.8. The van der Waals surface area contributed by atoms with Crippen LogP contribution in [0.5, 0.6) is 11.5 Å². The molecule has 0 saturated carbocycles. The van der Waals surface area contributed by atoms with E-state index in [1.54, 1.807) is 19.1 Å². The Kier molecular flexibility index (Phi) is 7.69. The van der Waals surface area contributed by atoms with Gasteiger partial charge in [-0.25, -0.2) is 8.42 Å². The molecule has 31 heavy (non-hydrogen) atoms. The van der Waals surface area contributed by atoms with Crippen molar-refractivity contribution < 1.29 is 22.7 Å². The summed E-state index contributed by atoms with van der Waals surface area (Å²) in [5, 5.41) is 3.09. The Morgan fingerprint density at radius 2 is 1.74 bits per heavy atom. The van der Waals surface area contributed by atoms with Gasteiger partial charge in [0.1, 0.15) is 10.6 Å². The SMILES string of the molecule is CCOc1ccc(NC(=O)c2cc(Cl)c(OC)c(Cl)c2)cc1S(=O)(=O)N1CCCCC1. The number of methoxy groups -OCH3 is 1. The minimum atomic E-state index is -3.76. The Balaban J connectivity index is 1.92. The molecule has 0 bridgehead atoms. The summed E-state index contributed by atoms with van der Waals surface area (Å²) in [6.45, 7) is 3.03. The van der Waals surface area contributed by atoms with E-state index < -0.39 is 15.9 Å². The van der Waals surface area contributed by atoms with E-state index in [1.807, 2.05) is 0 Å². The highest BCUT2D eigenvalue weighted by Gasteiger charge is 2.29. The van der Waals surface area contributed by atoms with Crippen molar-refractivity contribution in [2.45, 2.75) is 31.1 Å². The molecule has 1 N–H and O–H groups in total. The topological polar surface area (TPSA) is 84.9 Å². The third kappa shape index (κ3) is 5.26. The molecule has 10 heteroatoms. The summed E-state index contributed by atoms with van der Waals surface area (Å²) in [7, 11) is -2.33. The molecule has 3 rings (SSSR count). The normalized spacial score (nSPS) is 14.8. The van der Waals surface area contributed by atoms with E-state index in [2.05, 4.69) is 5.32 Å². The average Bonchev–Trinajstić information content (AvgIpc) is 2.75. The van der Waals surface area contributed by atoms with Crippen LogP contribution in [-0.2, 0) is 10.0 Å². The molecular formula is C21H24Cl2N2O5S. The number of nitrogens with one attached hydrogen (secondary N) is 1. The van der Waals surface area contributed by atoms with Gasteiger partial charge in [-0.3, -0.25) is 4.79 Å². The van der Waals surface area contributed by atoms with Crippen LogP contribution in [0.2, 0.25) is 10.0 Å².